The van der Waals surface area contributed by atoms with E-state index in [2.05, 4.69) is 5.32 Å². The summed E-state index contributed by atoms with van der Waals surface area (Å²) in [4.78, 5) is 21.6. The number of carbonyl (C=O) groups excluding carboxylic acids is 1. The van der Waals surface area contributed by atoms with E-state index in [-0.39, 0.29) is 5.91 Å². The monoisotopic (exact) mass is 358 g/mol. The molecule has 4 saturated carbocycles. The number of hydrogen-bond donors (Lipinski definition) is 3. The van der Waals surface area contributed by atoms with Crippen LogP contribution >= 0.6 is 0 Å². The lowest BCUT2D eigenvalue weighted by Gasteiger charge is -2.55. The second-order valence-electron chi connectivity index (χ2n) is 8.56. The summed E-state index contributed by atoms with van der Waals surface area (Å²) in [6, 6.07) is 8.34. The van der Waals surface area contributed by atoms with E-state index >= 15 is 0 Å². The summed E-state index contributed by atoms with van der Waals surface area (Å²) in [6.45, 7) is 1.31. The van der Waals surface area contributed by atoms with Crippen molar-refractivity contribution in [3.05, 3.63) is 35.9 Å². The summed E-state index contributed by atoms with van der Waals surface area (Å²) in [5.74, 6) is 1.70. The lowest BCUT2D eigenvalue weighted by molar-refractivity contribution is -0.141. The first-order valence-corrected chi connectivity index (χ1v) is 9.66. The quantitative estimate of drug-likeness (QED) is 0.771. The van der Waals surface area contributed by atoms with Gasteiger partial charge in [0.2, 0.25) is 5.91 Å². The van der Waals surface area contributed by atoms with Gasteiger partial charge in [-0.3, -0.25) is 4.79 Å². The first-order chi connectivity index (χ1) is 12.3. The molecule has 142 valence electrons. The Bertz CT molecular complexity index is 609. The fourth-order valence-corrected chi connectivity index (χ4v) is 5.47. The van der Waals surface area contributed by atoms with Crippen molar-refractivity contribution in [1.82, 2.24) is 5.32 Å². The molecule has 1 amide bonds. The second-order valence-corrected chi connectivity index (χ2v) is 8.56. The number of nitrogens with one attached hydrogen (secondary N) is 1. The van der Waals surface area contributed by atoms with E-state index < -0.39 is 12.0 Å². The smallest absolute Gasteiger partial charge is 0.326 e. The molecule has 1 aromatic carbocycles. The molecule has 5 nitrogen and oxygen atoms in total. The Morgan fingerprint density at radius 3 is 2.00 bits per heavy atom. The van der Waals surface area contributed by atoms with Crippen molar-refractivity contribution in [3.8, 4) is 0 Å². The fraction of sp³-hybridized carbons (Fsp3) is 0.619. The van der Waals surface area contributed by atoms with Crippen LogP contribution in [-0.4, -0.2) is 28.6 Å². The summed E-state index contributed by atoms with van der Waals surface area (Å²) < 4.78 is 0. The number of hydrogen-bond acceptors (Lipinski definition) is 3. The number of aliphatic carboxylic acids is 1. The molecule has 1 aromatic rings. The van der Waals surface area contributed by atoms with Gasteiger partial charge in [-0.1, -0.05) is 30.3 Å². The van der Waals surface area contributed by atoms with Crippen molar-refractivity contribution in [1.29, 1.82) is 0 Å². The molecule has 4 aliphatic carbocycles. The lowest BCUT2D eigenvalue weighted by atomic mass is 9.53. The third-order valence-electron chi connectivity index (χ3n) is 6.04. The molecule has 5 heteroatoms. The number of benzene rings is 1. The van der Waals surface area contributed by atoms with Crippen molar-refractivity contribution in [2.24, 2.45) is 23.5 Å². The minimum atomic E-state index is -1.02. The van der Waals surface area contributed by atoms with Crippen LogP contribution in [0, 0.1) is 17.8 Å². The minimum absolute atomic E-state index is 0.300. The van der Waals surface area contributed by atoms with Gasteiger partial charge in [-0.05, 0) is 61.8 Å². The maximum absolute atomic E-state index is 10.8. The zero-order valence-corrected chi connectivity index (χ0v) is 15.5. The van der Waals surface area contributed by atoms with Gasteiger partial charge in [-0.15, -0.1) is 0 Å². The van der Waals surface area contributed by atoms with Crippen LogP contribution in [0.2, 0.25) is 0 Å². The number of amides is 1. The molecule has 0 radical (unpaired) electrons. The zero-order chi connectivity index (χ0) is 18.7. The average Bonchev–Trinajstić information content (AvgIpc) is 2.53. The molecule has 0 aromatic heterocycles. The van der Waals surface area contributed by atoms with Gasteiger partial charge in [0.15, 0.2) is 0 Å². The molecule has 0 saturated heterocycles. The van der Waals surface area contributed by atoms with Crippen LogP contribution in [0.3, 0.4) is 0 Å². The minimum Gasteiger partial charge on any atom is -0.480 e. The molecule has 4 aliphatic rings. The largest absolute Gasteiger partial charge is 0.480 e. The predicted molar refractivity (Wildman–Crippen MR) is 100 cm³/mol. The molecular formula is C21H30N2O3. The van der Waals surface area contributed by atoms with Crippen molar-refractivity contribution < 1.29 is 14.7 Å². The number of rotatable bonds is 4. The van der Waals surface area contributed by atoms with E-state index in [1.807, 2.05) is 30.3 Å². The van der Waals surface area contributed by atoms with Crippen LogP contribution in [0.1, 0.15) is 51.0 Å². The molecule has 4 N–H and O–H groups in total. The first-order valence-electron chi connectivity index (χ1n) is 9.66. The number of nitrogens with two attached hydrogens (primary N) is 1. The highest BCUT2D eigenvalue weighted by Gasteiger charge is 2.48. The van der Waals surface area contributed by atoms with Crippen molar-refractivity contribution in [2.75, 3.05) is 0 Å². The van der Waals surface area contributed by atoms with Gasteiger partial charge in [0.1, 0.15) is 6.04 Å². The summed E-state index contributed by atoms with van der Waals surface area (Å²) in [5, 5.41) is 11.3. The average molecular weight is 358 g/mol. The van der Waals surface area contributed by atoms with Gasteiger partial charge in [-0.2, -0.15) is 0 Å². The van der Waals surface area contributed by atoms with Crippen LogP contribution in [0.4, 0.5) is 0 Å². The van der Waals surface area contributed by atoms with Gasteiger partial charge in [-0.25, -0.2) is 4.79 Å². The standard InChI is InChI=1S/C11H13NO3.C10H17N/c1-8(13)12-10(11(14)15)7-9-5-3-2-4-6-9;11-10-4-7-1-8(5-10)3-9(2-7)6-10/h2-6,10H,7H2,1H3,(H,12,13)(H,14,15);7-9H,1-6,11H2/t10-;/m0./s1. The Morgan fingerprint density at radius 2 is 1.62 bits per heavy atom. The molecule has 0 aliphatic heterocycles. The van der Waals surface area contributed by atoms with Crippen LogP contribution in [0.15, 0.2) is 30.3 Å². The van der Waals surface area contributed by atoms with E-state index in [1.165, 1.54) is 45.4 Å². The van der Waals surface area contributed by atoms with E-state index in [9.17, 15) is 9.59 Å². The van der Waals surface area contributed by atoms with Crippen LogP contribution in [0.5, 0.6) is 0 Å². The highest BCUT2D eigenvalue weighted by Crippen LogP contribution is 2.54. The molecule has 5 rings (SSSR count). The Hall–Kier alpha value is -1.88. The summed E-state index contributed by atoms with van der Waals surface area (Å²) in [7, 11) is 0. The topological polar surface area (TPSA) is 92.4 Å². The van der Waals surface area contributed by atoms with Gasteiger partial charge < -0.3 is 16.2 Å². The third kappa shape index (κ3) is 4.85. The van der Waals surface area contributed by atoms with E-state index in [0.29, 0.717) is 12.0 Å². The molecule has 0 spiro atoms. The summed E-state index contributed by atoms with van der Waals surface area (Å²) in [6.07, 6.45) is 8.87. The van der Waals surface area contributed by atoms with E-state index in [1.54, 1.807) is 0 Å². The molecule has 0 heterocycles. The maximum Gasteiger partial charge on any atom is 0.326 e. The third-order valence-corrected chi connectivity index (χ3v) is 6.04. The van der Waals surface area contributed by atoms with Crippen molar-refractivity contribution in [2.45, 2.75) is 63.5 Å². The highest BCUT2D eigenvalue weighted by atomic mass is 16.4. The van der Waals surface area contributed by atoms with Crippen LogP contribution < -0.4 is 11.1 Å². The Kier molecular flexibility index (Phi) is 5.66. The summed E-state index contributed by atoms with van der Waals surface area (Å²) >= 11 is 0. The predicted octanol–water partition coefficient (Wildman–Crippen LogP) is 2.73. The molecule has 4 bridgehead atoms. The maximum atomic E-state index is 10.8. The van der Waals surface area contributed by atoms with Gasteiger partial charge >= 0.3 is 5.97 Å². The van der Waals surface area contributed by atoms with Crippen LogP contribution in [0.25, 0.3) is 0 Å². The lowest BCUT2D eigenvalue weighted by Crippen LogP contribution is -2.55. The van der Waals surface area contributed by atoms with Crippen LogP contribution in [-0.2, 0) is 16.0 Å². The molecule has 26 heavy (non-hydrogen) atoms. The number of carboxylic acid groups (broad SMARTS) is 1. The molecule has 4 fully saturated rings. The SMILES string of the molecule is CC(=O)N[C@@H](Cc1ccccc1)C(=O)O.NC12CC3CC(CC(C3)C1)C2. The van der Waals surface area contributed by atoms with Gasteiger partial charge in [0.25, 0.3) is 0 Å². The Balaban J connectivity index is 0.000000156. The normalized spacial score (nSPS) is 32.3. The number of carbonyl (C=O) groups is 2. The highest BCUT2D eigenvalue weighted by molar-refractivity contribution is 5.82. The summed E-state index contributed by atoms with van der Waals surface area (Å²) in [5.41, 5.74) is 7.51. The number of carboxylic acids is 1. The van der Waals surface area contributed by atoms with Crippen molar-refractivity contribution in [3.63, 3.8) is 0 Å². The van der Waals surface area contributed by atoms with E-state index in [4.69, 9.17) is 10.8 Å². The first kappa shape index (κ1) is 18.9. The zero-order valence-electron chi connectivity index (χ0n) is 15.5. The fourth-order valence-electron chi connectivity index (χ4n) is 5.47. The Morgan fingerprint density at radius 1 is 1.12 bits per heavy atom. The molecular weight excluding hydrogens is 328 g/mol. The molecule has 0 unspecified atom stereocenters. The van der Waals surface area contributed by atoms with E-state index in [0.717, 1.165) is 23.3 Å². The molecule has 1 atom stereocenters. The second kappa shape index (κ2) is 7.78. The Labute approximate surface area is 155 Å². The van der Waals surface area contributed by atoms with Crippen molar-refractivity contribution >= 4 is 11.9 Å². The van der Waals surface area contributed by atoms with Gasteiger partial charge in [0, 0.05) is 18.9 Å². The van der Waals surface area contributed by atoms with Gasteiger partial charge in [0.05, 0.1) is 0 Å².